The van der Waals surface area contributed by atoms with Crippen LogP contribution < -0.4 is 5.32 Å². The molecule has 2 N–H and O–H groups in total. The second-order valence-electron chi connectivity index (χ2n) is 20.4. The maximum atomic E-state index is 15.9. The molecule has 3 aliphatic carbocycles. The van der Waals surface area contributed by atoms with E-state index in [2.05, 4.69) is 35.7 Å². The fraction of sp³-hybridized carbons (Fsp3) is 0.538. The number of hydrogen-bond acceptors (Lipinski definition) is 12. The molecule has 10 rings (SSSR count). The number of esters is 2. The van der Waals surface area contributed by atoms with Crippen molar-refractivity contribution in [2.24, 2.45) is 11.3 Å². The summed E-state index contributed by atoms with van der Waals surface area (Å²) in [6, 6.07) is 22.5. The average molecular weight is 904 g/mol. The van der Waals surface area contributed by atoms with Crippen molar-refractivity contribution in [2.45, 2.75) is 151 Å². The first-order chi connectivity index (χ1) is 31.7. The Labute approximate surface area is 385 Å². The molecule has 66 heavy (non-hydrogen) atoms. The Morgan fingerprint density at radius 2 is 1.67 bits per heavy atom. The molecule has 4 aliphatic heterocycles. The third-order valence-corrected chi connectivity index (χ3v) is 14.6. The number of hydroxylamine groups is 2. The molecular weight excluding hydrogens is 843 g/mol. The van der Waals surface area contributed by atoms with Gasteiger partial charge in [-0.25, -0.2) is 0 Å². The molecule has 3 aromatic carbocycles. The molecule has 14 nitrogen and oxygen atoms in total. The molecule has 3 aromatic rings. The number of rotatable bonds is 14. The van der Waals surface area contributed by atoms with E-state index in [1.54, 1.807) is 32.9 Å². The molecular formula is C52H61N3O11. The molecule has 1 spiro atoms. The highest BCUT2D eigenvalue weighted by atomic mass is 16.8. The Morgan fingerprint density at radius 1 is 0.939 bits per heavy atom. The number of fused-ring (bicyclic) bond motifs is 6. The lowest BCUT2D eigenvalue weighted by molar-refractivity contribution is -0.218. The van der Waals surface area contributed by atoms with Crippen molar-refractivity contribution < 1.29 is 52.8 Å². The predicted molar refractivity (Wildman–Crippen MR) is 240 cm³/mol. The summed E-state index contributed by atoms with van der Waals surface area (Å²) in [4.78, 5) is 66.1. The molecule has 11 atom stereocenters. The molecule has 4 saturated heterocycles. The third-order valence-electron chi connectivity index (χ3n) is 14.6. The second-order valence-corrected chi connectivity index (χ2v) is 20.4. The van der Waals surface area contributed by atoms with Gasteiger partial charge in [0.25, 0.3) is 0 Å². The zero-order chi connectivity index (χ0) is 46.0. The van der Waals surface area contributed by atoms with Crippen molar-refractivity contribution in [3.63, 3.8) is 0 Å². The van der Waals surface area contributed by atoms with E-state index in [9.17, 15) is 19.5 Å². The molecule has 2 amide bonds. The Hall–Kier alpha value is -4.96. The lowest BCUT2D eigenvalue weighted by Crippen LogP contribution is -2.70. The van der Waals surface area contributed by atoms with E-state index in [0.717, 1.165) is 47.1 Å². The number of nitrogens with one attached hydrogen (secondary N) is 1. The van der Waals surface area contributed by atoms with Crippen LogP contribution in [0.3, 0.4) is 0 Å². The van der Waals surface area contributed by atoms with Gasteiger partial charge in [0.15, 0.2) is 11.8 Å². The fourth-order valence-corrected chi connectivity index (χ4v) is 11.5. The van der Waals surface area contributed by atoms with E-state index in [1.807, 2.05) is 60.7 Å². The topological polar surface area (TPSA) is 166 Å². The van der Waals surface area contributed by atoms with Gasteiger partial charge in [-0.3, -0.25) is 24.0 Å². The van der Waals surface area contributed by atoms with Crippen molar-refractivity contribution in [1.82, 2.24) is 15.3 Å². The fourth-order valence-electron chi connectivity index (χ4n) is 11.5. The zero-order valence-electron chi connectivity index (χ0n) is 38.1. The number of allylic oxidation sites excluding steroid dienone is 1. The highest BCUT2D eigenvalue weighted by Gasteiger charge is 2.77. The highest BCUT2D eigenvalue weighted by Crippen LogP contribution is 2.59. The SMILES string of the molecule is CN(C(=O)[C@@]12C[C@H]3OC(=O)[C@@H]1N(Cc1cccc(C=CC4CCC5OC5C4)c1)O[C@@H]2[C@H]1OC2(Cc4ccccc4C2)O[C@H]13)[C@H](Cc1ccccc1)C(=O)N[C@H](CO)CCC(=O)OC(C)(C)C. The van der Waals surface area contributed by atoms with Gasteiger partial charge in [-0.05, 0) is 80.2 Å². The number of amides is 2. The Kier molecular flexibility index (Phi) is 12.0. The van der Waals surface area contributed by atoms with Crippen molar-refractivity contribution in [3.8, 4) is 0 Å². The van der Waals surface area contributed by atoms with Gasteiger partial charge in [-0.1, -0.05) is 91.0 Å². The summed E-state index contributed by atoms with van der Waals surface area (Å²) < 4.78 is 31.4. The Balaban J connectivity index is 0.960. The zero-order valence-corrected chi connectivity index (χ0v) is 38.1. The van der Waals surface area contributed by atoms with Crippen LogP contribution in [0.5, 0.6) is 0 Å². The standard InChI is InChI=1S/C52H61N3O11/c1-50(2,3)63-42(57)22-20-37(30-56)53-47(58)38(24-31-11-6-5-7-12-31)54(4)49(60)52-28-41-43-44(65-51(64-43)26-35-15-8-9-16-36(35)27-51)46(52)66-55(45(52)48(59)62-41)29-34-14-10-13-32(23-34)17-18-33-19-21-39-40(25-33)61-39/h5-18,23,33,37-41,43-46,56H,19-22,24-30H2,1-4H3,(H,53,58)/t33?,37-,38+,39?,40?,41+,43-,44-,45-,46+,52-/m0/s1. The van der Waals surface area contributed by atoms with E-state index in [-0.39, 0.29) is 32.2 Å². The van der Waals surface area contributed by atoms with Crippen LogP contribution in [0, 0.1) is 11.3 Å². The van der Waals surface area contributed by atoms with E-state index in [4.69, 9.17) is 28.5 Å². The van der Waals surface area contributed by atoms with Crippen LogP contribution in [0.25, 0.3) is 6.08 Å². The van der Waals surface area contributed by atoms with Crippen molar-refractivity contribution in [1.29, 1.82) is 0 Å². The van der Waals surface area contributed by atoms with Crippen LogP contribution in [-0.2, 0) is 73.5 Å². The predicted octanol–water partition coefficient (Wildman–Crippen LogP) is 5.02. The van der Waals surface area contributed by atoms with E-state index in [0.29, 0.717) is 31.0 Å². The smallest absolute Gasteiger partial charge is 0.327 e. The molecule has 14 heteroatoms. The van der Waals surface area contributed by atoms with Gasteiger partial charge >= 0.3 is 11.9 Å². The summed E-state index contributed by atoms with van der Waals surface area (Å²) >= 11 is 0. The third kappa shape index (κ3) is 8.72. The second kappa shape index (κ2) is 17.6. The molecule has 3 unspecified atom stereocenters. The van der Waals surface area contributed by atoms with Gasteiger partial charge in [0.05, 0.1) is 31.4 Å². The molecule has 6 fully saturated rings. The first-order valence-corrected chi connectivity index (χ1v) is 23.6. The van der Waals surface area contributed by atoms with Crippen molar-refractivity contribution in [3.05, 3.63) is 113 Å². The average Bonchev–Trinajstić information content (AvgIpc) is 3.64. The molecule has 0 aromatic heterocycles. The first-order valence-electron chi connectivity index (χ1n) is 23.6. The number of nitrogens with zero attached hydrogens (tertiary/aromatic N) is 2. The van der Waals surface area contributed by atoms with E-state index >= 15 is 4.79 Å². The number of carbonyl (C=O) groups is 4. The summed E-state index contributed by atoms with van der Waals surface area (Å²) in [6.45, 7) is 5.06. The quantitative estimate of drug-likeness (QED) is 0.164. The molecule has 350 valence electrons. The first kappa shape index (κ1) is 44.9. The Bertz CT molecular complexity index is 2340. The largest absolute Gasteiger partial charge is 0.460 e. The summed E-state index contributed by atoms with van der Waals surface area (Å²) in [5.41, 5.74) is 2.67. The lowest BCUT2D eigenvalue weighted by atomic mass is 9.62. The lowest BCUT2D eigenvalue weighted by Gasteiger charge is -2.50. The maximum absolute atomic E-state index is 15.9. The number of carbonyl (C=O) groups excluding carboxylic acids is 4. The maximum Gasteiger partial charge on any atom is 0.327 e. The number of epoxide rings is 1. The molecule has 2 bridgehead atoms. The minimum atomic E-state index is -1.54. The van der Waals surface area contributed by atoms with Crippen molar-refractivity contribution >= 4 is 29.8 Å². The van der Waals surface area contributed by atoms with Crippen molar-refractivity contribution in [2.75, 3.05) is 13.7 Å². The monoisotopic (exact) mass is 903 g/mol. The number of likely N-dealkylation sites (N-methyl/N-ethyl adjacent to an activating group) is 1. The van der Waals surface area contributed by atoms with Gasteiger partial charge in [0, 0.05) is 39.2 Å². The van der Waals surface area contributed by atoms with Gasteiger partial charge in [0.1, 0.15) is 41.5 Å². The van der Waals surface area contributed by atoms with Gasteiger partial charge in [-0.15, -0.1) is 0 Å². The normalized spacial score (nSPS) is 31.1. The van der Waals surface area contributed by atoms with Gasteiger partial charge < -0.3 is 39.0 Å². The van der Waals surface area contributed by atoms with Crippen LogP contribution in [0.1, 0.15) is 87.1 Å². The van der Waals surface area contributed by atoms with Crippen LogP contribution in [0.4, 0.5) is 0 Å². The summed E-state index contributed by atoms with van der Waals surface area (Å²) in [6.07, 6.45) is 6.44. The number of benzene rings is 3. The number of aliphatic hydroxyl groups is 1. The van der Waals surface area contributed by atoms with Crippen LogP contribution in [-0.4, -0.2) is 119 Å². The summed E-state index contributed by atoms with van der Waals surface area (Å²) in [5.74, 6) is -2.62. The Morgan fingerprint density at radius 3 is 2.39 bits per heavy atom. The van der Waals surface area contributed by atoms with E-state index < -0.39 is 89.7 Å². The summed E-state index contributed by atoms with van der Waals surface area (Å²) in [7, 11) is 1.59. The minimum absolute atomic E-state index is 0.0306. The minimum Gasteiger partial charge on any atom is -0.460 e. The van der Waals surface area contributed by atoms with Gasteiger partial charge in [0.2, 0.25) is 11.8 Å². The summed E-state index contributed by atoms with van der Waals surface area (Å²) in [5, 5.41) is 14.9. The van der Waals surface area contributed by atoms with Gasteiger partial charge in [-0.2, -0.15) is 5.06 Å². The van der Waals surface area contributed by atoms with Crippen LogP contribution in [0.2, 0.25) is 0 Å². The molecule has 2 saturated carbocycles. The van der Waals surface area contributed by atoms with E-state index in [1.165, 1.54) is 4.90 Å². The number of aliphatic hydroxyl groups excluding tert-OH is 1. The molecule has 4 heterocycles. The molecule has 7 aliphatic rings. The number of ether oxygens (including phenoxy) is 5. The molecule has 0 radical (unpaired) electrons. The van der Waals surface area contributed by atoms with Crippen LogP contribution >= 0.6 is 0 Å². The highest BCUT2D eigenvalue weighted by molar-refractivity contribution is 5.96. The number of hydrogen-bond donors (Lipinski definition) is 2. The van der Waals surface area contributed by atoms with Crippen LogP contribution in [0.15, 0.2) is 84.9 Å².